The highest BCUT2D eigenvalue weighted by molar-refractivity contribution is 6.31. The van der Waals surface area contributed by atoms with Gasteiger partial charge in [0.15, 0.2) is 0 Å². The van der Waals surface area contributed by atoms with E-state index in [0.717, 1.165) is 0 Å². The molecule has 0 amide bonds. The third-order valence-electron chi connectivity index (χ3n) is 3.02. The summed E-state index contributed by atoms with van der Waals surface area (Å²) in [5, 5.41) is 5.27. The molecule has 6 heteroatoms. The van der Waals surface area contributed by atoms with Gasteiger partial charge in [0, 0.05) is 17.9 Å². The van der Waals surface area contributed by atoms with Crippen LogP contribution in [-0.2, 0) is 11.2 Å². The molecule has 112 valence electrons. The monoisotopic (exact) mass is 307 g/mol. The SMILES string of the molecule is CCO/C(CC)=N/n1c(CC)nc2ccc(Cl)cc2c1=O. The van der Waals surface area contributed by atoms with Gasteiger partial charge in [-0.2, -0.15) is 4.68 Å². The Balaban J connectivity index is 2.71. The average molecular weight is 308 g/mol. The molecule has 21 heavy (non-hydrogen) atoms. The Hall–Kier alpha value is -1.88. The Labute approximate surface area is 128 Å². The minimum atomic E-state index is -0.231. The molecule has 2 rings (SSSR count). The first-order valence-electron chi connectivity index (χ1n) is 7.02. The second kappa shape index (κ2) is 6.72. The summed E-state index contributed by atoms with van der Waals surface area (Å²) < 4.78 is 6.73. The number of hydrogen-bond acceptors (Lipinski definition) is 4. The van der Waals surface area contributed by atoms with Gasteiger partial charge in [0.1, 0.15) is 5.82 Å². The van der Waals surface area contributed by atoms with Crippen molar-refractivity contribution in [2.24, 2.45) is 5.10 Å². The molecule has 0 bridgehead atoms. The summed E-state index contributed by atoms with van der Waals surface area (Å²) in [6, 6.07) is 5.08. The predicted molar refractivity (Wildman–Crippen MR) is 85.1 cm³/mol. The van der Waals surface area contributed by atoms with E-state index in [0.29, 0.717) is 47.1 Å². The maximum absolute atomic E-state index is 12.6. The fourth-order valence-corrected chi connectivity index (χ4v) is 2.18. The first-order valence-corrected chi connectivity index (χ1v) is 7.40. The van der Waals surface area contributed by atoms with Crippen LogP contribution in [0.2, 0.25) is 5.02 Å². The van der Waals surface area contributed by atoms with E-state index in [9.17, 15) is 4.79 Å². The molecular formula is C15H18ClN3O2. The second-order valence-electron chi connectivity index (χ2n) is 4.44. The smallest absolute Gasteiger partial charge is 0.282 e. The number of fused-ring (bicyclic) bond motifs is 1. The number of hydrogen-bond donors (Lipinski definition) is 0. The van der Waals surface area contributed by atoms with E-state index in [2.05, 4.69) is 10.1 Å². The van der Waals surface area contributed by atoms with Gasteiger partial charge in [-0.15, -0.1) is 5.10 Å². The molecule has 0 fully saturated rings. The Kier molecular flexibility index (Phi) is 4.96. The summed E-state index contributed by atoms with van der Waals surface area (Å²) >= 11 is 5.96. The molecule has 0 aliphatic rings. The van der Waals surface area contributed by atoms with Crippen LogP contribution in [0.1, 0.15) is 33.0 Å². The Morgan fingerprint density at radius 3 is 2.76 bits per heavy atom. The highest BCUT2D eigenvalue weighted by Crippen LogP contribution is 2.15. The molecule has 5 nitrogen and oxygen atoms in total. The average Bonchev–Trinajstić information content (AvgIpc) is 2.49. The molecule has 0 unspecified atom stereocenters. The highest BCUT2D eigenvalue weighted by atomic mass is 35.5. The lowest BCUT2D eigenvalue weighted by Gasteiger charge is -2.10. The minimum Gasteiger partial charge on any atom is -0.480 e. The third-order valence-corrected chi connectivity index (χ3v) is 3.25. The molecule has 0 radical (unpaired) electrons. The highest BCUT2D eigenvalue weighted by Gasteiger charge is 2.11. The zero-order chi connectivity index (χ0) is 15.4. The quantitative estimate of drug-likeness (QED) is 0.643. The first-order chi connectivity index (χ1) is 10.1. The lowest BCUT2D eigenvalue weighted by Crippen LogP contribution is -2.24. The van der Waals surface area contributed by atoms with Gasteiger partial charge in [-0.25, -0.2) is 4.98 Å². The number of aromatic nitrogens is 2. The summed E-state index contributed by atoms with van der Waals surface area (Å²) in [6.45, 7) is 6.25. The zero-order valence-corrected chi connectivity index (χ0v) is 13.1. The Bertz CT molecular complexity index is 738. The standard InChI is InChI=1S/C15H18ClN3O2/c1-4-13-17-12-8-7-10(16)9-11(12)15(20)19(13)18-14(5-2)21-6-3/h7-9H,4-6H2,1-3H3/b18-14+. The Morgan fingerprint density at radius 1 is 1.38 bits per heavy atom. The molecule has 0 aliphatic heterocycles. The van der Waals surface area contributed by atoms with Crippen LogP contribution in [0.4, 0.5) is 0 Å². The van der Waals surface area contributed by atoms with Gasteiger partial charge in [-0.3, -0.25) is 4.79 Å². The number of aryl methyl sites for hydroxylation is 1. The summed E-state index contributed by atoms with van der Waals surface area (Å²) in [5.41, 5.74) is 0.396. The van der Waals surface area contributed by atoms with Crippen LogP contribution in [0.15, 0.2) is 28.1 Å². The summed E-state index contributed by atoms with van der Waals surface area (Å²) in [7, 11) is 0. The van der Waals surface area contributed by atoms with Gasteiger partial charge in [0.05, 0.1) is 17.5 Å². The molecule has 0 N–H and O–H groups in total. The van der Waals surface area contributed by atoms with Gasteiger partial charge in [-0.1, -0.05) is 25.4 Å². The lowest BCUT2D eigenvalue weighted by atomic mass is 10.2. The number of ether oxygens (including phenoxy) is 1. The number of rotatable bonds is 4. The van der Waals surface area contributed by atoms with E-state index >= 15 is 0 Å². The van der Waals surface area contributed by atoms with Crippen molar-refractivity contribution in [3.63, 3.8) is 0 Å². The number of halogens is 1. The van der Waals surface area contributed by atoms with E-state index in [-0.39, 0.29) is 5.56 Å². The van der Waals surface area contributed by atoms with Crippen molar-refractivity contribution >= 4 is 28.4 Å². The molecule has 0 atom stereocenters. The van der Waals surface area contributed by atoms with Gasteiger partial charge in [0.25, 0.3) is 5.56 Å². The minimum absolute atomic E-state index is 0.231. The molecule has 0 saturated heterocycles. The largest absolute Gasteiger partial charge is 0.480 e. The van der Waals surface area contributed by atoms with Crippen LogP contribution in [0.3, 0.4) is 0 Å². The molecule has 1 aromatic carbocycles. The summed E-state index contributed by atoms with van der Waals surface area (Å²) in [4.78, 5) is 17.1. The number of nitrogens with zero attached hydrogens (tertiary/aromatic N) is 3. The zero-order valence-electron chi connectivity index (χ0n) is 12.4. The summed E-state index contributed by atoms with van der Waals surface area (Å²) in [5.74, 6) is 1.11. The van der Waals surface area contributed by atoms with Crippen LogP contribution in [0, 0.1) is 0 Å². The van der Waals surface area contributed by atoms with Crippen molar-refractivity contribution < 1.29 is 4.74 Å². The topological polar surface area (TPSA) is 56.5 Å². The van der Waals surface area contributed by atoms with Crippen molar-refractivity contribution in [1.82, 2.24) is 9.66 Å². The molecule has 0 saturated carbocycles. The fraction of sp³-hybridized carbons (Fsp3) is 0.400. The van der Waals surface area contributed by atoms with Gasteiger partial charge in [-0.05, 0) is 25.1 Å². The molecule has 2 aromatic rings. The maximum Gasteiger partial charge on any atom is 0.282 e. The van der Waals surface area contributed by atoms with Crippen molar-refractivity contribution in [2.75, 3.05) is 6.61 Å². The van der Waals surface area contributed by atoms with Crippen molar-refractivity contribution in [3.05, 3.63) is 39.4 Å². The van der Waals surface area contributed by atoms with Crippen LogP contribution in [0.25, 0.3) is 10.9 Å². The van der Waals surface area contributed by atoms with Crippen LogP contribution >= 0.6 is 11.6 Å². The van der Waals surface area contributed by atoms with Crippen molar-refractivity contribution in [3.8, 4) is 0 Å². The molecule has 0 aliphatic carbocycles. The van der Waals surface area contributed by atoms with E-state index in [1.807, 2.05) is 20.8 Å². The normalized spacial score (nSPS) is 11.9. The van der Waals surface area contributed by atoms with Gasteiger partial charge >= 0.3 is 0 Å². The molecular weight excluding hydrogens is 290 g/mol. The van der Waals surface area contributed by atoms with E-state index in [1.54, 1.807) is 18.2 Å². The Morgan fingerprint density at radius 2 is 2.14 bits per heavy atom. The molecule has 1 aromatic heterocycles. The van der Waals surface area contributed by atoms with Crippen LogP contribution in [-0.4, -0.2) is 22.2 Å². The second-order valence-corrected chi connectivity index (χ2v) is 4.88. The van der Waals surface area contributed by atoms with E-state index in [1.165, 1.54) is 4.68 Å². The maximum atomic E-state index is 12.6. The fourth-order valence-electron chi connectivity index (χ4n) is 2.01. The molecule has 1 heterocycles. The lowest BCUT2D eigenvalue weighted by molar-refractivity contribution is 0.314. The summed E-state index contributed by atoms with van der Waals surface area (Å²) in [6.07, 6.45) is 1.21. The third kappa shape index (κ3) is 3.24. The van der Waals surface area contributed by atoms with Crippen molar-refractivity contribution in [2.45, 2.75) is 33.6 Å². The predicted octanol–water partition coefficient (Wildman–Crippen LogP) is 3.22. The number of benzene rings is 1. The van der Waals surface area contributed by atoms with Crippen molar-refractivity contribution in [1.29, 1.82) is 0 Å². The van der Waals surface area contributed by atoms with Crippen LogP contribution in [0.5, 0.6) is 0 Å². The first kappa shape index (κ1) is 15.5. The van der Waals surface area contributed by atoms with Gasteiger partial charge < -0.3 is 4.74 Å². The van der Waals surface area contributed by atoms with Crippen LogP contribution < -0.4 is 5.56 Å². The van der Waals surface area contributed by atoms with E-state index in [4.69, 9.17) is 16.3 Å². The molecule has 0 spiro atoms. The van der Waals surface area contributed by atoms with E-state index < -0.39 is 0 Å². The van der Waals surface area contributed by atoms with Gasteiger partial charge in [0.2, 0.25) is 5.90 Å².